The number of hydrogen-bond donors (Lipinski definition) is 1. The van der Waals surface area contributed by atoms with Crippen molar-refractivity contribution in [1.82, 2.24) is 4.98 Å². The Balaban J connectivity index is 1.94. The van der Waals surface area contributed by atoms with Crippen LogP contribution in [0.15, 0.2) is 36.5 Å². The summed E-state index contributed by atoms with van der Waals surface area (Å²) in [7, 11) is 0. The molecule has 0 saturated carbocycles. The van der Waals surface area contributed by atoms with Crippen LogP contribution in [-0.2, 0) is 6.42 Å². The standard InChI is InChI=1S/C14H14F2N2/c1-10-3-2-5-17-14(10)18-6-4-11-7-12(15)9-13(16)8-11/h2-3,5,7-9H,4,6H2,1H3,(H,17,18). The Labute approximate surface area is 105 Å². The molecular formula is C14H14F2N2. The maximum atomic E-state index is 13.0. The molecule has 0 bridgehead atoms. The first kappa shape index (κ1) is 12.5. The molecule has 0 unspecified atom stereocenters. The Morgan fingerprint density at radius 1 is 1.17 bits per heavy atom. The second kappa shape index (κ2) is 5.58. The highest BCUT2D eigenvalue weighted by Crippen LogP contribution is 2.11. The summed E-state index contributed by atoms with van der Waals surface area (Å²) in [6, 6.07) is 7.38. The molecule has 94 valence electrons. The van der Waals surface area contributed by atoms with Crippen LogP contribution < -0.4 is 5.32 Å². The van der Waals surface area contributed by atoms with E-state index in [2.05, 4.69) is 10.3 Å². The van der Waals surface area contributed by atoms with Gasteiger partial charge in [-0.2, -0.15) is 0 Å². The fourth-order valence-electron chi connectivity index (χ4n) is 1.75. The van der Waals surface area contributed by atoms with Gasteiger partial charge >= 0.3 is 0 Å². The molecule has 0 aliphatic heterocycles. The number of anilines is 1. The smallest absolute Gasteiger partial charge is 0.128 e. The molecule has 18 heavy (non-hydrogen) atoms. The normalized spacial score (nSPS) is 10.4. The van der Waals surface area contributed by atoms with Gasteiger partial charge in [0.05, 0.1) is 0 Å². The molecule has 0 fully saturated rings. The van der Waals surface area contributed by atoms with Gasteiger partial charge in [-0.3, -0.25) is 0 Å². The van der Waals surface area contributed by atoms with E-state index in [1.807, 2.05) is 19.1 Å². The summed E-state index contributed by atoms with van der Waals surface area (Å²) in [5.41, 5.74) is 1.68. The molecule has 2 nitrogen and oxygen atoms in total. The number of hydrogen-bond acceptors (Lipinski definition) is 2. The Morgan fingerprint density at radius 3 is 2.56 bits per heavy atom. The highest BCUT2D eigenvalue weighted by atomic mass is 19.1. The van der Waals surface area contributed by atoms with Crippen molar-refractivity contribution in [1.29, 1.82) is 0 Å². The summed E-state index contributed by atoms with van der Waals surface area (Å²) < 4.78 is 25.9. The van der Waals surface area contributed by atoms with Crippen molar-refractivity contribution >= 4 is 5.82 Å². The van der Waals surface area contributed by atoms with Gasteiger partial charge in [0, 0.05) is 18.8 Å². The zero-order valence-electron chi connectivity index (χ0n) is 10.1. The van der Waals surface area contributed by atoms with Crippen LogP contribution >= 0.6 is 0 Å². The molecule has 0 aliphatic carbocycles. The fraction of sp³-hybridized carbons (Fsp3) is 0.214. The van der Waals surface area contributed by atoms with Crippen LogP contribution in [0.2, 0.25) is 0 Å². The number of nitrogens with zero attached hydrogens (tertiary/aromatic N) is 1. The van der Waals surface area contributed by atoms with Crippen LogP contribution in [0.4, 0.5) is 14.6 Å². The minimum absolute atomic E-state index is 0.543. The lowest BCUT2D eigenvalue weighted by Crippen LogP contribution is -2.07. The van der Waals surface area contributed by atoms with E-state index in [-0.39, 0.29) is 0 Å². The molecule has 1 heterocycles. The lowest BCUT2D eigenvalue weighted by Gasteiger charge is -2.08. The van der Waals surface area contributed by atoms with Crippen molar-refractivity contribution < 1.29 is 8.78 Å². The summed E-state index contributed by atoms with van der Waals surface area (Å²) >= 11 is 0. The Kier molecular flexibility index (Phi) is 3.87. The lowest BCUT2D eigenvalue weighted by molar-refractivity contribution is 0.580. The number of halogens is 2. The van der Waals surface area contributed by atoms with Crippen molar-refractivity contribution in [2.75, 3.05) is 11.9 Å². The second-order valence-electron chi connectivity index (χ2n) is 4.12. The number of pyridine rings is 1. The fourth-order valence-corrected chi connectivity index (χ4v) is 1.75. The van der Waals surface area contributed by atoms with Crippen LogP contribution in [0, 0.1) is 18.6 Å². The van der Waals surface area contributed by atoms with E-state index < -0.39 is 11.6 Å². The van der Waals surface area contributed by atoms with Gasteiger partial charge in [0.2, 0.25) is 0 Å². The second-order valence-corrected chi connectivity index (χ2v) is 4.12. The van der Waals surface area contributed by atoms with Gasteiger partial charge in [0.25, 0.3) is 0 Å². The summed E-state index contributed by atoms with van der Waals surface area (Å²) in [6.07, 6.45) is 2.25. The number of nitrogens with one attached hydrogen (secondary N) is 1. The van der Waals surface area contributed by atoms with E-state index in [1.54, 1.807) is 6.20 Å². The number of rotatable bonds is 4. The van der Waals surface area contributed by atoms with Gasteiger partial charge < -0.3 is 5.32 Å². The first-order chi connectivity index (χ1) is 8.65. The van der Waals surface area contributed by atoms with E-state index in [0.29, 0.717) is 18.5 Å². The van der Waals surface area contributed by atoms with E-state index >= 15 is 0 Å². The molecule has 4 heteroatoms. The summed E-state index contributed by atoms with van der Waals surface area (Å²) in [5.74, 6) is -0.285. The molecule has 2 aromatic rings. The van der Waals surface area contributed by atoms with Crippen molar-refractivity contribution in [2.45, 2.75) is 13.3 Å². The molecule has 1 aromatic carbocycles. The number of aromatic nitrogens is 1. The van der Waals surface area contributed by atoms with Crippen LogP contribution in [0.1, 0.15) is 11.1 Å². The van der Waals surface area contributed by atoms with E-state index in [4.69, 9.17) is 0 Å². The van der Waals surface area contributed by atoms with Gasteiger partial charge in [0.1, 0.15) is 17.5 Å². The van der Waals surface area contributed by atoms with Gasteiger partial charge in [-0.25, -0.2) is 13.8 Å². The van der Waals surface area contributed by atoms with E-state index in [0.717, 1.165) is 17.4 Å². The highest BCUT2D eigenvalue weighted by molar-refractivity contribution is 5.42. The van der Waals surface area contributed by atoms with Crippen molar-refractivity contribution in [3.8, 4) is 0 Å². The van der Waals surface area contributed by atoms with Gasteiger partial charge in [0.15, 0.2) is 0 Å². The molecule has 0 spiro atoms. The first-order valence-electron chi connectivity index (χ1n) is 5.75. The SMILES string of the molecule is Cc1cccnc1NCCc1cc(F)cc(F)c1. The Morgan fingerprint density at radius 2 is 1.89 bits per heavy atom. The van der Waals surface area contributed by atoms with Crippen LogP contribution in [0.5, 0.6) is 0 Å². The molecule has 0 saturated heterocycles. The molecule has 0 atom stereocenters. The molecule has 1 aromatic heterocycles. The third-order valence-corrected chi connectivity index (χ3v) is 2.64. The lowest BCUT2D eigenvalue weighted by atomic mass is 10.1. The van der Waals surface area contributed by atoms with E-state index in [1.165, 1.54) is 12.1 Å². The average molecular weight is 248 g/mol. The predicted octanol–water partition coefficient (Wildman–Crippen LogP) is 3.32. The molecule has 0 aliphatic rings. The Hall–Kier alpha value is -1.97. The zero-order chi connectivity index (χ0) is 13.0. The molecule has 0 amide bonds. The average Bonchev–Trinajstić information content (AvgIpc) is 2.30. The minimum atomic E-state index is -0.543. The van der Waals surface area contributed by atoms with E-state index in [9.17, 15) is 8.78 Å². The Bertz CT molecular complexity index is 521. The molecule has 1 N–H and O–H groups in total. The maximum Gasteiger partial charge on any atom is 0.128 e. The highest BCUT2D eigenvalue weighted by Gasteiger charge is 2.01. The van der Waals surface area contributed by atoms with Gasteiger partial charge in [-0.1, -0.05) is 6.07 Å². The predicted molar refractivity (Wildman–Crippen MR) is 67.5 cm³/mol. The van der Waals surface area contributed by atoms with Gasteiger partial charge in [-0.05, 0) is 42.7 Å². The number of benzene rings is 1. The minimum Gasteiger partial charge on any atom is -0.370 e. The maximum absolute atomic E-state index is 13.0. The zero-order valence-corrected chi connectivity index (χ0v) is 10.1. The summed E-state index contributed by atoms with van der Waals surface area (Å²) in [4.78, 5) is 4.19. The topological polar surface area (TPSA) is 24.9 Å². The summed E-state index contributed by atoms with van der Waals surface area (Å²) in [6.45, 7) is 2.54. The largest absolute Gasteiger partial charge is 0.370 e. The van der Waals surface area contributed by atoms with Crippen molar-refractivity contribution in [2.24, 2.45) is 0 Å². The number of aryl methyl sites for hydroxylation is 1. The monoisotopic (exact) mass is 248 g/mol. The quantitative estimate of drug-likeness (QED) is 0.897. The third kappa shape index (κ3) is 3.26. The molecule has 2 rings (SSSR count). The third-order valence-electron chi connectivity index (χ3n) is 2.64. The van der Waals surface area contributed by atoms with Crippen LogP contribution in [0.25, 0.3) is 0 Å². The van der Waals surface area contributed by atoms with Crippen LogP contribution in [0.3, 0.4) is 0 Å². The van der Waals surface area contributed by atoms with Crippen molar-refractivity contribution in [3.05, 3.63) is 59.3 Å². The summed E-state index contributed by atoms with van der Waals surface area (Å²) in [5, 5.41) is 3.14. The van der Waals surface area contributed by atoms with Crippen molar-refractivity contribution in [3.63, 3.8) is 0 Å². The van der Waals surface area contributed by atoms with Crippen LogP contribution in [-0.4, -0.2) is 11.5 Å². The molecular weight excluding hydrogens is 234 g/mol. The molecule has 0 radical (unpaired) electrons. The van der Waals surface area contributed by atoms with Gasteiger partial charge in [-0.15, -0.1) is 0 Å². The first-order valence-corrected chi connectivity index (χ1v) is 5.75.